The fourth-order valence-electron chi connectivity index (χ4n) is 2.11. The van der Waals surface area contributed by atoms with E-state index >= 15 is 0 Å². The van der Waals surface area contributed by atoms with Crippen molar-refractivity contribution < 1.29 is 14.9 Å². The van der Waals surface area contributed by atoms with Crippen molar-refractivity contribution in [1.82, 2.24) is 0 Å². The Hall–Kier alpha value is -0.940. The number of aliphatic hydroxyl groups excluding tert-OH is 1. The average Bonchev–Trinajstić information content (AvgIpc) is 2.70. The lowest BCUT2D eigenvalue weighted by atomic mass is 10.0. The quantitative estimate of drug-likeness (QED) is 0.710. The highest BCUT2D eigenvalue weighted by atomic mass is 16.6. The molecule has 0 aromatic heterocycles. The van der Waals surface area contributed by atoms with Crippen molar-refractivity contribution in [2.45, 2.75) is 25.7 Å². The van der Waals surface area contributed by atoms with Gasteiger partial charge < -0.3 is 20.1 Å². The number of rotatable bonds is 3. The Bertz CT molecular complexity index is 356. The third kappa shape index (κ3) is 2.10. The van der Waals surface area contributed by atoms with Gasteiger partial charge in [-0.25, -0.2) is 0 Å². The van der Waals surface area contributed by atoms with Gasteiger partial charge in [0, 0.05) is 5.56 Å². The first-order valence-electron chi connectivity index (χ1n) is 5.63. The van der Waals surface area contributed by atoms with Gasteiger partial charge in [0.05, 0.1) is 6.61 Å². The van der Waals surface area contributed by atoms with E-state index in [0.717, 1.165) is 17.5 Å². The lowest BCUT2D eigenvalue weighted by Gasteiger charge is -2.23. The van der Waals surface area contributed by atoms with Crippen molar-refractivity contribution >= 4 is 0 Å². The zero-order valence-corrected chi connectivity index (χ0v) is 9.35. The molecule has 3 unspecified atom stereocenters. The number of ether oxygens (including phenoxy) is 1. The molecule has 1 aliphatic heterocycles. The molecular weight excluding hydrogens is 206 g/mol. The second-order valence-corrected chi connectivity index (χ2v) is 4.04. The Labute approximate surface area is 95.0 Å². The normalized spacial score (nSPS) is 29.6. The van der Waals surface area contributed by atoms with Gasteiger partial charge in [0.2, 0.25) is 6.23 Å². The summed E-state index contributed by atoms with van der Waals surface area (Å²) in [4.78, 5) is 0. The molecule has 3 atom stereocenters. The molecule has 1 heterocycles. The van der Waals surface area contributed by atoms with Crippen LogP contribution >= 0.6 is 0 Å². The zero-order valence-electron chi connectivity index (χ0n) is 9.35. The van der Waals surface area contributed by atoms with E-state index in [2.05, 4.69) is 6.92 Å². The molecule has 0 amide bonds. The predicted octanol–water partition coefficient (Wildman–Crippen LogP) is 0.0214. The van der Waals surface area contributed by atoms with Crippen LogP contribution in [0.3, 0.4) is 0 Å². The molecule has 0 radical (unpaired) electrons. The van der Waals surface area contributed by atoms with Gasteiger partial charge in [-0.15, -0.1) is 0 Å². The highest BCUT2D eigenvalue weighted by molar-refractivity contribution is 5.28. The number of nitrogens with one attached hydrogen (secondary N) is 1. The Morgan fingerprint density at radius 3 is 2.88 bits per heavy atom. The van der Waals surface area contributed by atoms with Gasteiger partial charge >= 0.3 is 0 Å². The van der Waals surface area contributed by atoms with Gasteiger partial charge in [-0.1, -0.05) is 31.2 Å². The summed E-state index contributed by atoms with van der Waals surface area (Å²) in [5.41, 5.74) is 2.09. The van der Waals surface area contributed by atoms with Gasteiger partial charge in [0.25, 0.3) is 0 Å². The Morgan fingerprint density at radius 2 is 2.25 bits per heavy atom. The van der Waals surface area contributed by atoms with Crippen molar-refractivity contribution in [1.29, 1.82) is 0 Å². The van der Waals surface area contributed by atoms with E-state index in [-0.39, 0.29) is 17.8 Å². The summed E-state index contributed by atoms with van der Waals surface area (Å²) in [6.07, 6.45) is 0.0725. The van der Waals surface area contributed by atoms with Crippen LogP contribution in [0.25, 0.3) is 0 Å². The maximum Gasteiger partial charge on any atom is 0.219 e. The molecule has 88 valence electrons. The molecule has 1 aliphatic rings. The second-order valence-electron chi connectivity index (χ2n) is 4.04. The maximum absolute atomic E-state index is 11.8. The first-order chi connectivity index (χ1) is 7.76. The predicted molar refractivity (Wildman–Crippen MR) is 59.7 cm³/mol. The fourth-order valence-corrected chi connectivity index (χ4v) is 2.11. The first kappa shape index (κ1) is 11.5. The van der Waals surface area contributed by atoms with Crippen molar-refractivity contribution in [3.63, 3.8) is 0 Å². The van der Waals surface area contributed by atoms with Gasteiger partial charge in [-0.2, -0.15) is 0 Å². The van der Waals surface area contributed by atoms with Gasteiger partial charge in [-0.05, 0) is 12.0 Å². The SMILES string of the molecule is CCc1ccccc1C1OC(CO)C[NH+]1[O-]. The number of aryl methyl sites for hydroxylation is 1. The summed E-state index contributed by atoms with van der Waals surface area (Å²) in [6.45, 7) is 2.29. The Kier molecular flexibility index (Phi) is 3.56. The summed E-state index contributed by atoms with van der Waals surface area (Å²) in [5, 5.41) is 20.8. The molecule has 16 heavy (non-hydrogen) atoms. The summed E-state index contributed by atoms with van der Waals surface area (Å²) >= 11 is 0. The molecule has 1 aromatic rings. The molecular formula is C12H17NO3. The van der Waals surface area contributed by atoms with Crippen LogP contribution in [-0.4, -0.2) is 24.4 Å². The topological polar surface area (TPSA) is 57.0 Å². The van der Waals surface area contributed by atoms with Crippen LogP contribution in [0.5, 0.6) is 0 Å². The van der Waals surface area contributed by atoms with Crippen LogP contribution in [0.4, 0.5) is 0 Å². The van der Waals surface area contributed by atoms with Crippen molar-refractivity contribution in [3.8, 4) is 0 Å². The lowest BCUT2D eigenvalue weighted by molar-refractivity contribution is -0.882. The van der Waals surface area contributed by atoms with Gasteiger partial charge in [0.1, 0.15) is 12.6 Å². The number of aliphatic hydroxyl groups is 1. The Balaban J connectivity index is 2.23. The number of benzene rings is 1. The van der Waals surface area contributed by atoms with Crippen molar-refractivity contribution in [2.24, 2.45) is 0 Å². The highest BCUT2D eigenvalue weighted by Crippen LogP contribution is 2.21. The molecule has 2 rings (SSSR count). The summed E-state index contributed by atoms with van der Waals surface area (Å²) in [5.74, 6) is 0. The first-order valence-corrected chi connectivity index (χ1v) is 5.63. The molecule has 4 heteroatoms. The summed E-state index contributed by atoms with van der Waals surface area (Å²) in [7, 11) is 0. The minimum Gasteiger partial charge on any atom is -0.632 e. The summed E-state index contributed by atoms with van der Waals surface area (Å²) in [6, 6.07) is 7.82. The minimum atomic E-state index is -0.478. The fraction of sp³-hybridized carbons (Fsp3) is 0.500. The van der Waals surface area contributed by atoms with Crippen LogP contribution in [0.1, 0.15) is 24.3 Å². The van der Waals surface area contributed by atoms with Gasteiger partial charge in [0.15, 0.2) is 0 Å². The monoisotopic (exact) mass is 223 g/mol. The number of quaternary nitrogens is 1. The maximum atomic E-state index is 11.8. The summed E-state index contributed by atoms with van der Waals surface area (Å²) < 4.78 is 5.55. The molecule has 0 spiro atoms. The molecule has 1 saturated heterocycles. The molecule has 1 fully saturated rings. The Morgan fingerprint density at radius 1 is 1.50 bits per heavy atom. The number of hydrogen-bond acceptors (Lipinski definition) is 3. The average molecular weight is 223 g/mol. The lowest BCUT2D eigenvalue weighted by Crippen LogP contribution is -3.06. The van der Waals surface area contributed by atoms with Crippen LogP contribution in [-0.2, 0) is 11.2 Å². The molecule has 1 aromatic carbocycles. The third-order valence-electron chi connectivity index (χ3n) is 2.97. The molecule has 4 nitrogen and oxygen atoms in total. The smallest absolute Gasteiger partial charge is 0.219 e. The van der Waals surface area contributed by atoms with Gasteiger partial charge in [-0.3, -0.25) is 0 Å². The van der Waals surface area contributed by atoms with Crippen LogP contribution in [0.15, 0.2) is 24.3 Å². The highest BCUT2D eigenvalue weighted by Gasteiger charge is 2.33. The van der Waals surface area contributed by atoms with E-state index in [4.69, 9.17) is 9.84 Å². The zero-order chi connectivity index (χ0) is 11.5. The minimum absolute atomic E-state index is 0.0694. The van der Waals surface area contributed by atoms with E-state index in [0.29, 0.717) is 6.54 Å². The largest absolute Gasteiger partial charge is 0.632 e. The van der Waals surface area contributed by atoms with E-state index in [1.165, 1.54) is 0 Å². The molecule has 2 N–H and O–H groups in total. The third-order valence-corrected chi connectivity index (χ3v) is 2.97. The number of hydroxylamine groups is 2. The van der Waals surface area contributed by atoms with Crippen LogP contribution < -0.4 is 5.06 Å². The standard InChI is InChI=1S/C12H17NO3/c1-2-9-5-3-4-6-11(9)12-13(15)7-10(8-14)16-12/h3-6,10,12-14H,2,7-8H2,1H3. The van der Waals surface area contributed by atoms with E-state index in [1.54, 1.807) is 0 Å². The van der Waals surface area contributed by atoms with E-state index in [1.807, 2.05) is 24.3 Å². The molecule has 0 bridgehead atoms. The van der Waals surface area contributed by atoms with Crippen molar-refractivity contribution in [3.05, 3.63) is 40.6 Å². The van der Waals surface area contributed by atoms with Crippen molar-refractivity contribution in [2.75, 3.05) is 13.2 Å². The molecule has 0 aliphatic carbocycles. The number of hydrogen-bond donors (Lipinski definition) is 2. The van der Waals surface area contributed by atoms with Crippen LogP contribution in [0, 0.1) is 5.21 Å². The second kappa shape index (κ2) is 4.93. The van der Waals surface area contributed by atoms with Crippen LogP contribution in [0.2, 0.25) is 0 Å². The van der Waals surface area contributed by atoms with E-state index < -0.39 is 6.23 Å². The van der Waals surface area contributed by atoms with E-state index in [9.17, 15) is 5.21 Å². The molecule has 0 saturated carbocycles.